The number of hydrogen-bond acceptors (Lipinski definition) is 3. The third kappa shape index (κ3) is 1.89. The molecule has 0 aromatic heterocycles. The summed E-state index contributed by atoms with van der Waals surface area (Å²) in [7, 11) is 0. The fourth-order valence-corrected chi connectivity index (χ4v) is 3.34. The van der Waals surface area contributed by atoms with Crippen LogP contribution in [0.2, 0.25) is 0 Å². The summed E-state index contributed by atoms with van der Waals surface area (Å²) in [6.07, 6.45) is 6.82. The van der Waals surface area contributed by atoms with E-state index in [1.807, 2.05) is 24.0 Å². The fourth-order valence-electron chi connectivity index (χ4n) is 2.52. The summed E-state index contributed by atoms with van der Waals surface area (Å²) < 4.78 is 0. The molecule has 0 atom stereocenters. The number of thioether (sulfide) groups is 1. The van der Waals surface area contributed by atoms with Crippen LogP contribution in [0.3, 0.4) is 0 Å². The second-order valence-corrected chi connectivity index (χ2v) is 5.19. The van der Waals surface area contributed by atoms with Gasteiger partial charge in [0.2, 0.25) is 0 Å². The van der Waals surface area contributed by atoms with E-state index in [2.05, 4.69) is 34.3 Å². The van der Waals surface area contributed by atoms with Gasteiger partial charge in [-0.1, -0.05) is 18.2 Å². The number of aliphatic imine (C=N–C) groups is 1. The van der Waals surface area contributed by atoms with Crippen molar-refractivity contribution in [3.05, 3.63) is 34.9 Å². The minimum absolute atomic E-state index is 1.10. The molecule has 0 bridgehead atoms. The van der Waals surface area contributed by atoms with Gasteiger partial charge >= 0.3 is 0 Å². The monoisotopic (exact) mass is 244 g/mol. The Kier molecular flexibility index (Phi) is 2.93. The molecule has 0 N–H and O–H groups in total. The molecule has 17 heavy (non-hydrogen) atoms. The smallest absolute Gasteiger partial charge is 0.0801 e. The van der Waals surface area contributed by atoms with Gasteiger partial charge < -0.3 is 4.90 Å². The second-order valence-electron chi connectivity index (χ2n) is 4.39. The first-order chi connectivity index (χ1) is 8.40. The molecule has 3 rings (SSSR count). The van der Waals surface area contributed by atoms with Gasteiger partial charge in [0.05, 0.1) is 10.7 Å². The quantitative estimate of drug-likeness (QED) is 0.791. The van der Waals surface area contributed by atoms with Crippen LogP contribution < -0.4 is 0 Å². The molecule has 2 nitrogen and oxygen atoms in total. The number of fused-ring (bicyclic) bond motifs is 1. The first-order valence-electron chi connectivity index (χ1n) is 6.07. The number of para-hydroxylation sites is 1. The number of nitrogens with zero attached hydrogens (tertiary/aromatic N) is 2. The van der Waals surface area contributed by atoms with Crippen molar-refractivity contribution >= 4 is 29.2 Å². The normalized spacial score (nSPS) is 20.9. The Morgan fingerprint density at radius 1 is 1.24 bits per heavy atom. The maximum atomic E-state index is 4.50. The molecule has 1 aromatic carbocycles. The highest BCUT2D eigenvalue weighted by Gasteiger charge is 2.21. The van der Waals surface area contributed by atoms with Gasteiger partial charge in [-0.3, -0.25) is 4.99 Å². The fraction of sp³-hybridized carbons (Fsp3) is 0.357. The minimum Gasteiger partial charge on any atom is -0.366 e. The van der Waals surface area contributed by atoms with E-state index in [4.69, 9.17) is 0 Å². The van der Waals surface area contributed by atoms with Crippen molar-refractivity contribution in [2.24, 2.45) is 4.99 Å². The highest BCUT2D eigenvalue weighted by Crippen LogP contribution is 2.37. The van der Waals surface area contributed by atoms with E-state index >= 15 is 0 Å². The van der Waals surface area contributed by atoms with E-state index in [1.54, 1.807) is 0 Å². The van der Waals surface area contributed by atoms with Crippen LogP contribution >= 0.6 is 11.8 Å². The topological polar surface area (TPSA) is 15.6 Å². The zero-order chi connectivity index (χ0) is 11.7. The summed E-state index contributed by atoms with van der Waals surface area (Å²) in [5, 5.41) is 1.39. The van der Waals surface area contributed by atoms with Crippen molar-refractivity contribution in [2.45, 2.75) is 12.8 Å². The lowest BCUT2D eigenvalue weighted by Crippen LogP contribution is -2.17. The number of hydrogen-bond donors (Lipinski definition) is 0. The Bertz CT molecular complexity index is 485. The van der Waals surface area contributed by atoms with Crippen molar-refractivity contribution in [3.8, 4) is 0 Å². The van der Waals surface area contributed by atoms with E-state index < -0.39 is 0 Å². The maximum absolute atomic E-state index is 4.50. The van der Waals surface area contributed by atoms with Crippen molar-refractivity contribution in [1.82, 2.24) is 4.90 Å². The van der Waals surface area contributed by atoms with Crippen molar-refractivity contribution in [2.75, 3.05) is 19.3 Å². The van der Waals surface area contributed by atoms with Gasteiger partial charge in [-0.05, 0) is 25.2 Å². The van der Waals surface area contributed by atoms with Crippen LogP contribution in [-0.2, 0) is 0 Å². The molecule has 88 valence electrons. The molecule has 2 aliphatic heterocycles. The number of benzene rings is 1. The summed E-state index contributed by atoms with van der Waals surface area (Å²) in [4.78, 5) is 6.99. The maximum Gasteiger partial charge on any atom is 0.0801 e. The van der Waals surface area contributed by atoms with E-state index in [-0.39, 0.29) is 0 Å². The Hall–Kier alpha value is -1.22. The molecule has 0 amide bonds. The van der Waals surface area contributed by atoms with Crippen molar-refractivity contribution in [3.63, 3.8) is 0 Å². The number of likely N-dealkylation sites (tertiary alicyclic amines) is 1. The van der Waals surface area contributed by atoms with Crippen molar-refractivity contribution < 1.29 is 0 Å². The van der Waals surface area contributed by atoms with Crippen LogP contribution in [0.5, 0.6) is 0 Å². The second kappa shape index (κ2) is 4.57. The molecule has 1 saturated heterocycles. The van der Waals surface area contributed by atoms with Gasteiger partial charge in [0, 0.05) is 30.4 Å². The van der Waals surface area contributed by atoms with Crippen LogP contribution in [0.15, 0.2) is 34.3 Å². The molecular formula is C14H16N2S. The van der Waals surface area contributed by atoms with Crippen LogP contribution in [-0.4, -0.2) is 30.5 Å². The summed E-state index contributed by atoms with van der Waals surface area (Å²) in [5.41, 5.74) is 3.69. The third-order valence-corrected chi connectivity index (χ3v) is 4.21. The first kappa shape index (κ1) is 10.9. The molecule has 0 unspecified atom stereocenters. The summed E-state index contributed by atoms with van der Waals surface area (Å²) in [6.45, 7) is 2.38. The van der Waals surface area contributed by atoms with Crippen molar-refractivity contribution in [1.29, 1.82) is 0 Å². The number of rotatable bonds is 2. The average molecular weight is 244 g/mol. The predicted octanol–water partition coefficient (Wildman–Crippen LogP) is 3.53. The van der Waals surface area contributed by atoms with E-state index in [0.717, 1.165) is 5.69 Å². The van der Waals surface area contributed by atoms with Gasteiger partial charge in [-0.2, -0.15) is 0 Å². The Morgan fingerprint density at radius 2 is 2.00 bits per heavy atom. The summed E-state index contributed by atoms with van der Waals surface area (Å²) in [6, 6.07) is 8.40. The molecule has 3 heteroatoms. The molecule has 2 aliphatic rings. The Labute approximate surface area is 106 Å². The van der Waals surface area contributed by atoms with Crippen LogP contribution in [0.25, 0.3) is 5.57 Å². The zero-order valence-corrected chi connectivity index (χ0v) is 10.8. The molecular weight excluding hydrogens is 228 g/mol. The third-order valence-electron chi connectivity index (χ3n) is 3.34. The first-order valence-corrected chi connectivity index (χ1v) is 7.29. The van der Waals surface area contributed by atoms with Gasteiger partial charge in [0.1, 0.15) is 0 Å². The van der Waals surface area contributed by atoms with Gasteiger partial charge in [0.15, 0.2) is 0 Å². The molecule has 1 fully saturated rings. The highest BCUT2D eigenvalue weighted by molar-refractivity contribution is 8.02. The Balaban J connectivity index is 2.05. The molecule has 1 aromatic rings. The molecule has 0 spiro atoms. The largest absolute Gasteiger partial charge is 0.366 e. The lowest BCUT2D eigenvalue weighted by Gasteiger charge is -2.21. The summed E-state index contributed by atoms with van der Waals surface area (Å²) in [5.74, 6) is 0. The molecule has 2 heterocycles. The van der Waals surface area contributed by atoms with Crippen LogP contribution in [0.1, 0.15) is 18.4 Å². The highest BCUT2D eigenvalue weighted by atomic mass is 32.2. The molecule has 0 radical (unpaired) electrons. The molecule has 0 saturated carbocycles. The van der Waals surface area contributed by atoms with Crippen LogP contribution in [0.4, 0.5) is 5.69 Å². The lowest BCUT2D eigenvalue weighted by atomic mass is 10.1. The predicted molar refractivity (Wildman–Crippen MR) is 75.8 cm³/mol. The van der Waals surface area contributed by atoms with Gasteiger partial charge in [-0.15, -0.1) is 11.8 Å². The van der Waals surface area contributed by atoms with Crippen LogP contribution in [0, 0.1) is 0 Å². The van der Waals surface area contributed by atoms with E-state index in [9.17, 15) is 0 Å². The summed E-state index contributed by atoms with van der Waals surface area (Å²) >= 11 is 1.84. The van der Waals surface area contributed by atoms with E-state index in [0.29, 0.717) is 0 Å². The SMILES string of the molecule is CS/C(=C1\C=Nc2ccccc21)N1CCCC1. The van der Waals surface area contributed by atoms with Gasteiger partial charge in [-0.25, -0.2) is 0 Å². The van der Waals surface area contributed by atoms with Gasteiger partial charge in [0.25, 0.3) is 0 Å². The van der Waals surface area contributed by atoms with E-state index in [1.165, 1.54) is 42.1 Å². The lowest BCUT2D eigenvalue weighted by molar-refractivity contribution is 0.459. The zero-order valence-electron chi connectivity index (χ0n) is 10.0. The Morgan fingerprint density at radius 3 is 2.76 bits per heavy atom. The standard InChI is InChI=1S/C14H16N2S/c1-17-14(16-8-4-5-9-16)12-10-15-13-7-3-2-6-11(12)13/h2-3,6-7,10H,4-5,8-9H2,1H3/b14-12+. The molecule has 0 aliphatic carbocycles. The number of allylic oxidation sites excluding steroid dienone is 1. The average Bonchev–Trinajstić information content (AvgIpc) is 3.01. The minimum atomic E-state index is 1.10.